The van der Waals surface area contributed by atoms with E-state index in [1.165, 1.54) is 6.21 Å². The van der Waals surface area contributed by atoms with Crippen LogP contribution in [0.4, 0.5) is 5.69 Å². The number of aliphatic imine (C=N–C) groups is 1. The van der Waals surface area contributed by atoms with Crippen LogP contribution < -0.4 is 11.2 Å². The molecule has 1 aromatic heterocycles. The van der Waals surface area contributed by atoms with Crippen LogP contribution in [0.2, 0.25) is 0 Å². The van der Waals surface area contributed by atoms with E-state index < -0.39 is 17.1 Å². The third-order valence-electron chi connectivity index (χ3n) is 3.83. The van der Waals surface area contributed by atoms with E-state index in [-0.39, 0.29) is 5.56 Å². The third-order valence-corrected chi connectivity index (χ3v) is 3.83. The van der Waals surface area contributed by atoms with E-state index >= 15 is 0 Å². The molecule has 3 rings (SSSR count). The number of aromatic amines is 1. The maximum absolute atomic E-state index is 12.2. The molecule has 0 saturated heterocycles. The van der Waals surface area contributed by atoms with E-state index in [0.29, 0.717) is 11.4 Å². The Kier molecular flexibility index (Phi) is 4.35. The summed E-state index contributed by atoms with van der Waals surface area (Å²) in [6.45, 7) is 3.77. The van der Waals surface area contributed by atoms with Crippen molar-refractivity contribution in [3.63, 3.8) is 0 Å². The van der Waals surface area contributed by atoms with Crippen molar-refractivity contribution in [3.8, 4) is 11.6 Å². The van der Waals surface area contributed by atoms with Crippen LogP contribution >= 0.6 is 0 Å². The average molecular weight is 335 g/mol. The monoisotopic (exact) mass is 335 g/mol. The molecule has 126 valence electrons. The van der Waals surface area contributed by atoms with Crippen molar-refractivity contribution in [2.75, 3.05) is 0 Å². The normalized spacial score (nSPS) is 11.1. The zero-order valence-corrected chi connectivity index (χ0v) is 13.9. The molecule has 3 aromatic rings. The summed E-state index contributed by atoms with van der Waals surface area (Å²) in [6, 6.07) is 14.5. The molecule has 0 unspecified atom stereocenters. The van der Waals surface area contributed by atoms with Crippen molar-refractivity contribution in [2.45, 2.75) is 13.8 Å². The Balaban J connectivity index is 2.16. The highest BCUT2D eigenvalue weighted by molar-refractivity contribution is 5.84. The van der Waals surface area contributed by atoms with E-state index in [1.54, 1.807) is 24.3 Å². The van der Waals surface area contributed by atoms with Gasteiger partial charge in [0.15, 0.2) is 0 Å². The first-order valence-electron chi connectivity index (χ1n) is 7.72. The minimum Gasteiger partial charge on any atom is -0.493 e. The van der Waals surface area contributed by atoms with E-state index in [4.69, 9.17) is 0 Å². The number of aromatic nitrogens is 2. The molecule has 0 fully saturated rings. The van der Waals surface area contributed by atoms with Gasteiger partial charge in [-0.2, -0.15) is 0 Å². The van der Waals surface area contributed by atoms with Gasteiger partial charge in [0.25, 0.3) is 5.56 Å². The molecule has 6 nitrogen and oxygen atoms in total. The summed E-state index contributed by atoms with van der Waals surface area (Å²) < 4.78 is 1.05. The summed E-state index contributed by atoms with van der Waals surface area (Å²) in [6.07, 6.45) is 1.27. The second-order valence-corrected chi connectivity index (χ2v) is 5.72. The number of nitrogens with zero attached hydrogens (tertiary/aromatic N) is 2. The number of hydrogen-bond acceptors (Lipinski definition) is 4. The molecule has 0 aliphatic carbocycles. The third kappa shape index (κ3) is 3.28. The van der Waals surface area contributed by atoms with E-state index in [9.17, 15) is 14.7 Å². The molecule has 0 atom stereocenters. The maximum atomic E-state index is 12.2. The van der Waals surface area contributed by atoms with Gasteiger partial charge in [-0.1, -0.05) is 30.3 Å². The zero-order chi connectivity index (χ0) is 18.0. The number of aromatic hydroxyl groups is 1. The number of nitrogens with one attached hydrogen (secondary N) is 1. The summed E-state index contributed by atoms with van der Waals surface area (Å²) in [7, 11) is 0. The van der Waals surface area contributed by atoms with Crippen LogP contribution in [0.3, 0.4) is 0 Å². The highest BCUT2D eigenvalue weighted by atomic mass is 16.3. The lowest BCUT2D eigenvalue weighted by Gasteiger charge is -2.10. The molecule has 0 saturated carbocycles. The number of para-hydroxylation sites is 1. The van der Waals surface area contributed by atoms with Crippen LogP contribution in [-0.4, -0.2) is 20.9 Å². The molecule has 0 bridgehead atoms. The number of H-pyrrole nitrogens is 1. The zero-order valence-electron chi connectivity index (χ0n) is 13.9. The predicted molar refractivity (Wildman–Crippen MR) is 97.5 cm³/mol. The first kappa shape index (κ1) is 16.4. The second-order valence-electron chi connectivity index (χ2n) is 5.72. The molecule has 2 N–H and O–H groups in total. The largest absolute Gasteiger partial charge is 0.493 e. The molecule has 0 spiro atoms. The standard InChI is InChI=1S/C19H17N3O3/c1-12-6-5-8-14(10-12)22-18(24)15(17(23)21-19(22)25)11-20-16-9-4-3-7-13(16)2/h3-11,24H,1-2H3,(H,21,23,25). The second kappa shape index (κ2) is 6.60. The summed E-state index contributed by atoms with van der Waals surface area (Å²) in [5, 5.41) is 10.5. The van der Waals surface area contributed by atoms with Crippen molar-refractivity contribution >= 4 is 11.9 Å². The Labute approximate surface area is 143 Å². The Morgan fingerprint density at radius 2 is 1.84 bits per heavy atom. The van der Waals surface area contributed by atoms with Crippen LogP contribution in [0, 0.1) is 13.8 Å². The fraction of sp³-hybridized carbons (Fsp3) is 0.105. The smallest absolute Gasteiger partial charge is 0.335 e. The first-order chi connectivity index (χ1) is 12.0. The Bertz CT molecular complexity index is 1080. The lowest BCUT2D eigenvalue weighted by atomic mass is 10.2. The van der Waals surface area contributed by atoms with Crippen molar-refractivity contribution in [1.82, 2.24) is 9.55 Å². The summed E-state index contributed by atoms with van der Waals surface area (Å²) in [4.78, 5) is 30.7. The van der Waals surface area contributed by atoms with E-state index in [2.05, 4.69) is 9.98 Å². The van der Waals surface area contributed by atoms with Crippen LogP contribution in [0.1, 0.15) is 16.7 Å². The molecule has 0 amide bonds. The molecule has 0 aliphatic heterocycles. The van der Waals surface area contributed by atoms with Gasteiger partial charge in [0.2, 0.25) is 5.88 Å². The molecular weight excluding hydrogens is 318 g/mol. The summed E-state index contributed by atoms with van der Waals surface area (Å²) in [5.41, 5.74) is 1.51. The van der Waals surface area contributed by atoms with Gasteiger partial charge in [-0.25, -0.2) is 9.36 Å². The van der Waals surface area contributed by atoms with Gasteiger partial charge in [0.1, 0.15) is 5.56 Å². The van der Waals surface area contributed by atoms with Crippen molar-refractivity contribution < 1.29 is 5.11 Å². The van der Waals surface area contributed by atoms with Crippen LogP contribution in [0.15, 0.2) is 63.1 Å². The first-order valence-corrected chi connectivity index (χ1v) is 7.72. The highest BCUT2D eigenvalue weighted by Crippen LogP contribution is 2.19. The Morgan fingerprint density at radius 1 is 1.08 bits per heavy atom. The number of rotatable bonds is 3. The fourth-order valence-corrected chi connectivity index (χ4v) is 2.50. The van der Waals surface area contributed by atoms with Crippen molar-refractivity contribution in [2.24, 2.45) is 4.99 Å². The fourth-order valence-electron chi connectivity index (χ4n) is 2.50. The van der Waals surface area contributed by atoms with Crippen molar-refractivity contribution in [1.29, 1.82) is 0 Å². The average Bonchev–Trinajstić information content (AvgIpc) is 2.56. The van der Waals surface area contributed by atoms with Crippen LogP contribution in [0.25, 0.3) is 5.69 Å². The maximum Gasteiger partial charge on any atom is 0.335 e. The van der Waals surface area contributed by atoms with Crippen molar-refractivity contribution in [3.05, 3.63) is 86.1 Å². The van der Waals surface area contributed by atoms with Gasteiger partial charge in [-0.3, -0.25) is 14.8 Å². The SMILES string of the molecule is Cc1cccc(-n2c(O)c(C=Nc3ccccc3C)c(=O)[nH]c2=O)c1. The van der Waals surface area contributed by atoms with Gasteiger partial charge in [-0.15, -0.1) is 0 Å². The van der Waals surface area contributed by atoms with Gasteiger partial charge in [0.05, 0.1) is 11.4 Å². The lowest BCUT2D eigenvalue weighted by Crippen LogP contribution is -2.31. The highest BCUT2D eigenvalue weighted by Gasteiger charge is 2.14. The number of hydrogen-bond donors (Lipinski definition) is 2. The number of aryl methyl sites for hydroxylation is 2. The van der Waals surface area contributed by atoms with Gasteiger partial charge >= 0.3 is 5.69 Å². The Hall–Kier alpha value is -3.41. The topological polar surface area (TPSA) is 87.4 Å². The summed E-state index contributed by atoms with van der Waals surface area (Å²) >= 11 is 0. The Morgan fingerprint density at radius 3 is 2.56 bits per heavy atom. The number of benzene rings is 2. The quantitative estimate of drug-likeness (QED) is 0.721. The van der Waals surface area contributed by atoms with Gasteiger partial charge in [-0.05, 0) is 43.2 Å². The molecule has 1 heterocycles. The molecule has 25 heavy (non-hydrogen) atoms. The minimum atomic E-state index is -0.707. The van der Waals surface area contributed by atoms with Gasteiger partial charge in [0, 0.05) is 6.21 Å². The molecule has 2 aromatic carbocycles. The van der Waals surface area contributed by atoms with Crippen LogP contribution in [0.5, 0.6) is 5.88 Å². The molecule has 6 heteroatoms. The lowest BCUT2D eigenvalue weighted by molar-refractivity contribution is 0.430. The van der Waals surface area contributed by atoms with E-state index in [1.807, 2.05) is 38.1 Å². The van der Waals surface area contributed by atoms with Crippen LogP contribution in [-0.2, 0) is 0 Å². The van der Waals surface area contributed by atoms with Gasteiger partial charge < -0.3 is 5.11 Å². The minimum absolute atomic E-state index is 0.0793. The summed E-state index contributed by atoms with van der Waals surface area (Å²) in [5.74, 6) is -0.448. The molecule has 0 aliphatic rings. The molecular formula is C19H17N3O3. The molecule has 0 radical (unpaired) electrons. The van der Waals surface area contributed by atoms with E-state index in [0.717, 1.165) is 15.7 Å². The predicted octanol–water partition coefficient (Wildman–Crippen LogP) is 2.60.